The predicted molar refractivity (Wildman–Crippen MR) is 132 cm³/mol. The van der Waals surface area contributed by atoms with Crippen molar-refractivity contribution in [2.75, 3.05) is 24.6 Å². The van der Waals surface area contributed by atoms with Crippen LogP contribution in [0.3, 0.4) is 0 Å². The predicted octanol–water partition coefficient (Wildman–Crippen LogP) is 4.93. The number of carboxylic acids is 1. The Labute approximate surface area is 206 Å². The molecule has 5 rings (SSSR count). The van der Waals surface area contributed by atoms with Crippen molar-refractivity contribution in [3.05, 3.63) is 69.7 Å². The highest BCUT2D eigenvalue weighted by Gasteiger charge is 2.30. The van der Waals surface area contributed by atoms with E-state index in [4.69, 9.17) is 16.3 Å². The molecule has 2 heterocycles. The molecule has 9 heteroatoms. The number of fused-ring (bicyclic) bond motifs is 3. The third kappa shape index (κ3) is 4.48. The number of carbonyl (C=O) groups is 2. The minimum absolute atomic E-state index is 0.0455. The number of rotatable bonds is 7. The van der Waals surface area contributed by atoms with Gasteiger partial charge in [0.05, 0.1) is 0 Å². The second-order valence-electron chi connectivity index (χ2n) is 8.47. The quantitative estimate of drug-likeness (QED) is 0.481. The van der Waals surface area contributed by atoms with Crippen LogP contribution in [0.15, 0.2) is 48.5 Å². The van der Waals surface area contributed by atoms with Crippen molar-refractivity contribution >= 4 is 40.1 Å². The van der Waals surface area contributed by atoms with Crippen molar-refractivity contribution in [3.63, 3.8) is 0 Å². The Morgan fingerprint density at radius 2 is 1.74 bits per heavy atom. The van der Waals surface area contributed by atoms with Gasteiger partial charge >= 0.3 is 12.1 Å². The van der Waals surface area contributed by atoms with E-state index in [9.17, 15) is 14.7 Å². The average molecular weight is 498 g/mol. The zero-order valence-electron chi connectivity index (χ0n) is 18.4. The standard InChI is InChI=1S/C25H24ClN3O4S/c26-22-21(34-24(28-22)29-11-5-6-12-29)13-20(23(30)31)27-25(32)33-14-19-17-9-3-1-7-15(17)16-8-2-4-10-18(16)19/h1-4,7-10,19-20H,5-6,11-14H2,(H,27,32)(H,30,31). The molecule has 0 bridgehead atoms. The van der Waals surface area contributed by atoms with Gasteiger partial charge in [-0.3, -0.25) is 0 Å². The summed E-state index contributed by atoms with van der Waals surface area (Å²) in [6.07, 6.45) is 1.49. The zero-order chi connectivity index (χ0) is 23.7. The number of amides is 1. The number of hydrogen-bond donors (Lipinski definition) is 2. The van der Waals surface area contributed by atoms with Gasteiger partial charge in [0, 0.05) is 30.3 Å². The summed E-state index contributed by atoms with van der Waals surface area (Å²) >= 11 is 7.66. The van der Waals surface area contributed by atoms with Crippen LogP contribution in [-0.4, -0.2) is 47.9 Å². The number of anilines is 1. The summed E-state index contributed by atoms with van der Waals surface area (Å²) in [6.45, 7) is 1.96. The second-order valence-corrected chi connectivity index (χ2v) is 9.89. The first-order valence-corrected chi connectivity index (χ1v) is 12.4. The molecular formula is C25H24ClN3O4S. The Morgan fingerprint density at radius 1 is 1.12 bits per heavy atom. The van der Waals surface area contributed by atoms with Gasteiger partial charge in [0.2, 0.25) is 0 Å². The van der Waals surface area contributed by atoms with Gasteiger partial charge in [-0.15, -0.1) is 11.3 Å². The van der Waals surface area contributed by atoms with E-state index in [2.05, 4.69) is 27.3 Å². The largest absolute Gasteiger partial charge is 0.480 e. The van der Waals surface area contributed by atoms with Crippen molar-refractivity contribution < 1.29 is 19.4 Å². The Kier molecular flexibility index (Phi) is 6.43. The second kappa shape index (κ2) is 9.64. The van der Waals surface area contributed by atoms with E-state index in [1.165, 1.54) is 11.3 Å². The van der Waals surface area contributed by atoms with Crippen molar-refractivity contribution in [2.24, 2.45) is 0 Å². The van der Waals surface area contributed by atoms with Gasteiger partial charge in [0.25, 0.3) is 0 Å². The van der Waals surface area contributed by atoms with Gasteiger partial charge in [-0.05, 0) is 35.1 Å². The number of nitrogens with one attached hydrogen (secondary N) is 1. The maximum absolute atomic E-state index is 12.6. The number of thiazole rings is 1. The van der Waals surface area contributed by atoms with Gasteiger partial charge in [-0.1, -0.05) is 60.1 Å². The molecule has 1 aromatic heterocycles. The van der Waals surface area contributed by atoms with Crippen LogP contribution >= 0.6 is 22.9 Å². The molecule has 1 fully saturated rings. The number of ether oxygens (including phenoxy) is 1. The number of hydrogen-bond acceptors (Lipinski definition) is 6. The van der Waals surface area contributed by atoms with Gasteiger partial charge in [0.1, 0.15) is 17.8 Å². The average Bonchev–Trinajstić information content (AvgIpc) is 3.56. The van der Waals surface area contributed by atoms with Crippen LogP contribution in [-0.2, 0) is 16.0 Å². The lowest BCUT2D eigenvalue weighted by Gasteiger charge is -2.17. The van der Waals surface area contributed by atoms with E-state index in [1.807, 2.05) is 36.4 Å². The third-order valence-electron chi connectivity index (χ3n) is 6.34. The first-order valence-electron chi connectivity index (χ1n) is 11.3. The highest BCUT2D eigenvalue weighted by molar-refractivity contribution is 7.16. The monoisotopic (exact) mass is 497 g/mol. The lowest BCUT2D eigenvalue weighted by molar-refractivity contribution is -0.139. The number of benzene rings is 2. The summed E-state index contributed by atoms with van der Waals surface area (Å²) in [4.78, 5) is 31.6. The van der Waals surface area contributed by atoms with E-state index in [0.29, 0.717) is 4.88 Å². The number of halogens is 1. The number of carbonyl (C=O) groups excluding carboxylic acids is 1. The van der Waals surface area contributed by atoms with Crippen LogP contribution in [0.4, 0.5) is 9.93 Å². The van der Waals surface area contributed by atoms with Crippen LogP contribution in [0.2, 0.25) is 5.15 Å². The Balaban J connectivity index is 1.24. The fraction of sp³-hybridized carbons (Fsp3) is 0.320. The Bertz CT molecular complexity index is 1180. The fourth-order valence-electron chi connectivity index (χ4n) is 4.66. The summed E-state index contributed by atoms with van der Waals surface area (Å²) in [6, 6.07) is 14.9. The number of carboxylic acid groups (broad SMARTS) is 1. The van der Waals surface area contributed by atoms with Crippen molar-refractivity contribution in [1.29, 1.82) is 0 Å². The number of aliphatic carboxylic acids is 1. The molecule has 0 radical (unpaired) electrons. The minimum atomic E-state index is -1.17. The maximum atomic E-state index is 12.6. The lowest BCUT2D eigenvalue weighted by Crippen LogP contribution is -2.42. The molecule has 2 aliphatic rings. The molecule has 2 N–H and O–H groups in total. The zero-order valence-corrected chi connectivity index (χ0v) is 19.9. The topological polar surface area (TPSA) is 91.8 Å². The SMILES string of the molecule is O=C(NC(Cc1sc(N2CCCC2)nc1Cl)C(=O)O)OCC1c2ccccc2-c2ccccc21. The van der Waals surface area contributed by atoms with Crippen LogP contribution < -0.4 is 10.2 Å². The van der Waals surface area contributed by atoms with Gasteiger partial charge in [-0.25, -0.2) is 14.6 Å². The molecule has 34 heavy (non-hydrogen) atoms. The fourth-order valence-corrected chi connectivity index (χ4v) is 6.03. The Morgan fingerprint density at radius 3 is 2.35 bits per heavy atom. The molecule has 2 aromatic carbocycles. The number of alkyl carbamates (subject to hydrolysis) is 1. The first-order chi connectivity index (χ1) is 16.5. The Hall–Kier alpha value is -3.10. The molecule has 1 aliphatic carbocycles. The highest BCUT2D eigenvalue weighted by Crippen LogP contribution is 2.44. The number of aromatic nitrogens is 1. The summed E-state index contributed by atoms with van der Waals surface area (Å²) in [5.41, 5.74) is 4.45. The van der Waals surface area contributed by atoms with Crippen LogP contribution in [0.25, 0.3) is 11.1 Å². The molecule has 3 aromatic rings. The van der Waals surface area contributed by atoms with Gasteiger partial charge in [0.15, 0.2) is 5.13 Å². The molecule has 1 aliphatic heterocycles. The molecule has 1 amide bonds. The molecule has 1 atom stereocenters. The van der Waals surface area contributed by atoms with Crippen molar-refractivity contribution in [1.82, 2.24) is 10.3 Å². The molecule has 1 saturated heterocycles. The van der Waals surface area contributed by atoms with E-state index in [1.54, 1.807) is 0 Å². The molecule has 1 unspecified atom stereocenters. The molecular weight excluding hydrogens is 474 g/mol. The molecule has 176 valence electrons. The van der Waals surface area contributed by atoms with E-state index < -0.39 is 18.1 Å². The minimum Gasteiger partial charge on any atom is -0.480 e. The van der Waals surface area contributed by atoms with Crippen molar-refractivity contribution in [2.45, 2.75) is 31.2 Å². The van der Waals surface area contributed by atoms with Crippen molar-refractivity contribution in [3.8, 4) is 11.1 Å². The maximum Gasteiger partial charge on any atom is 0.407 e. The highest BCUT2D eigenvalue weighted by atomic mass is 35.5. The molecule has 7 nitrogen and oxygen atoms in total. The normalized spacial score (nSPS) is 15.6. The smallest absolute Gasteiger partial charge is 0.407 e. The van der Waals surface area contributed by atoms with Crippen LogP contribution in [0, 0.1) is 0 Å². The first kappa shape index (κ1) is 22.7. The third-order valence-corrected chi connectivity index (χ3v) is 7.90. The van der Waals surface area contributed by atoms with E-state index in [0.717, 1.165) is 53.3 Å². The van der Waals surface area contributed by atoms with Crippen LogP contribution in [0.1, 0.15) is 34.8 Å². The summed E-state index contributed by atoms with van der Waals surface area (Å²) in [5, 5.41) is 13.3. The van der Waals surface area contributed by atoms with Crippen LogP contribution in [0.5, 0.6) is 0 Å². The molecule has 0 spiro atoms. The summed E-state index contributed by atoms with van der Waals surface area (Å²) in [5.74, 6) is -1.25. The van der Waals surface area contributed by atoms with Gasteiger partial charge < -0.3 is 20.1 Å². The lowest BCUT2D eigenvalue weighted by atomic mass is 9.98. The molecule has 0 saturated carbocycles. The summed E-state index contributed by atoms with van der Waals surface area (Å²) in [7, 11) is 0. The summed E-state index contributed by atoms with van der Waals surface area (Å²) < 4.78 is 5.51. The van der Waals surface area contributed by atoms with E-state index in [-0.39, 0.29) is 24.1 Å². The van der Waals surface area contributed by atoms with Gasteiger partial charge in [-0.2, -0.15) is 0 Å². The van der Waals surface area contributed by atoms with E-state index >= 15 is 0 Å². The number of nitrogens with zero attached hydrogens (tertiary/aromatic N) is 2.